The molecule has 0 unspecified atom stereocenters. The maximum absolute atomic E-state index is 12.2. The Balaban J connectivity index is 2.14. The average Bonchev–Trinajstić information content (AvgIpc) is 2.94. The van der Waals surface area contributed by atoms with Crippen molar-refractivity contribution in [3.63, 3.8) is 0 Å². The number of amides is 1. The number of aliphatic hydroxyl groups is 1. The lowest BCUT2D eigenvalue weighted by molar-refractivity contribution is -0.149. The molecule has 6 atom stereocenters. The SMILES string of the molecule is C[C@H](O)[C@H](NC(=O)[C@@H]1[C@@H](C(=O)O)[C@H]2C=C[C@H]1C2)C(=O)O. The lowest BCUT2D eigenvalue weighted by Crippen LogP contribution is -2.51. The fraction of sp³-hybridized carbons (Fsp3) is 0.615. The first-order valence-corrected chi connectivity index (χ1v) is 6.45. The molecule has 0 aromatic heterocycles. The third-order valence-corrected chi connectivity index (χ3v) is 4.09. The molecule has 0 aromatic rings. The van der Waals surface area contributed by atoms with Gasteiger partial charge in [-0.25, -0.2) is 4.79 Å². The number of hydrogen-bond acceptors (Lipinski definition) is 4. The molecule has 2 bridgehead atoms. The highest BCUT2D eigenvalue weighted by molar-refractivity contribution is 5.90. The van der Waals surface area contributed by atoms with Crippen molar-refractivity contribution in [2.75, 3.05) is 0 Å². The van der Waals surface area contributed by atoms with Crippen LogP contribution >= 0.6 is 0 Å². The normalized spacial score (nSPS) is 33.7. The summed E-state index contributed by atoms with van der Waals surface area (Å²) < 4.78 is 0. The van der Waals surface area contributed by atoms with E-state index in [4.69, 9.17) is 5.11 Å². The van der Waals surface area contributed by atoms with Crippen LogP contribution in [-0.2, 0) is 14.4 Å². The van der Waals surface area contributed by atoms with Gasteiger partial charge in [-0.05, 0) is 25.2 Å². The van der Waals surface area contributed by atoms with Gasteiger partial charge in [-0.1, -0.05) is 12.2 Å². The molecule has 110 valence electrons. The molecular formula is C13H17NO6. The Bertz CT molecular complexity index is 471. The first-order chi connectivity index (χ1) is 9.32. The van der Waals surface area contributed by atoms with Gasteiger partial charge in [-0.2, -0.15) is 0 Å². The van der Waals surface area contributed by atoms with Crippen LogP contribution in [0.15, 0.2) is 12.2 Å². The second-order valence-corrected chi connectivity index (χ2v) is 5.40. The van der Waals surface area contributed by atoms with Gasteiger partial charge in [-0.3, -0.25) is 9.59 Å². The predicted octanol–water partition coefficient (Wildman–Crippen LogP) is -0.540. The van der Waals surface area contributed by atoms with Crippen molar-refractivity contribution in [3.05, 3.63) is 12.2 Å². The molecule has 1 amide bonds. The van der Waals surface area contributed by atoms with E-state index in [1.165, 1.54) is 6.92 Å². The minimum atomic E-state index is -1.43. The summed E-state index contributed by atoms with van der Waals surface area (Å²) in [6.07, 6.45) is 2.96. The van der Waals surface area contributed by atoms with E-state index in [1.807, 2.05) is 6.08 Å². The highest BCUT2D eigenvalue weighted by Gasteiger charge is 2.52. The lowest BCUT2D eigenvalue weighted by atomic mass is 9.82. The number of aliphatic carboxylic acids is 2. The zero-order chi connectivity index (χ0) is 15.0. The Labute approximate surface area is 115 Å². The molecule has 2 aliphatic carbocycles. The van der Waals surface area contributed by atoms with E-state index in [-0.39, 0.29) is 11.8 Å². The highest BCUT2D eigenvalue weighted by Crippen LogP contribution is 2.48. The number of carbonyl (C=O) groups excluding carboxylic acids is 1. The number of nitrogens with one attached hydrogen (secondary N) is 1. The van der Waals surface area contributed by atoms with E-state index in [0.717, 1.165) is 0 Å². The maximum atomic E-state index is 12.2. The first kappa shape index (κ1) is 14.5. The van der Waals surface area contributed by atoms with E-state index in [0.29, 0.717) is 6.42 Å². The number of rotatable bonds is 5. The predicted molar refractivity (Wildman–Crippen MR) is 66.6 cm³/mol. The molecular weight excluding hydrogens is 266 g/mol. The summed E-state index contributed by atoms with van der Waals surface area (Å²) in [4.78, 5) is 34.4. The van der Waals surface area contributed by atoms with Crippen molar-refractivity contribution in [1.82, 2.24) is 5.32 Å². The molecule has 20 heavy (non-hydrogen) atoms. The van der Waals surface area contributed by atoms with Gasteiger partial charge in [0.05, 0.1) is 17.9 Å². The smallest absolute Gasteiger partial charge is 0.328 e. The van der Waals surface area contributed by atoms with Gasteiger partial charge in [0.1, 0.15) is 0 Å². The average molecular weight is 283 g/mol. The summed E-state index contributed by atoms with van der Waals surface area (Å²) in [5.41, 5.74) is 0. The number of fused-ring (bicyclic) bond motifs is 2. The molecule has 0 radical (unpaired) electrons. The van der Waals surface area contributed by atoms with E-state index in [2.05, 4.69) is 5.32 Å². The highest BCUT2D eigenvalue weighted by atomic mass is 16.4. The molecule has 7 nitrogen and oxygen atoms in total. The van der Waals surface area contributed by atoms with Crippen molar-refractivity contribution in [2.24, 2.45) is 23.7 Å². The van der Waals surface area contributed by atoms with Gasteiger partial charge in [0.15, 0.2) is 6.04 Å². The van der Waals surface area contributed by atoms with Crippen LogP contribution in [0.5, 0.6) is 0 Å². The van der Waals surface area contributed by atoms with Crippen LogP contribution in [0.25, 0.3) is 0 Å². The standard InChI is InChI=1S/C13H17NO6/c1-5(15)10(13(19)20)14-11(16)8-6-2-3-7(4-6)9(8)12(17)18/h2-3,5-10,15H,4H2,1H3,(H,14,16)(H,17,18)(H,19,20)/t5-,6-,7-,8-,9-,10-/m0/s1. The van der Waals surface area contributed by atoms with E-state index < -0.39 is 41.8 Å². The van der Waals surface area contributed by atoms with Crippen molar-refractivity contribution >= 4 is 17.8 Å². The topological polar surface area (TPSA) is 124 Å². The number of hydrogen-bond donors (Lipinski definition) is 4. The van der Waals surface area contributed by atoms with Gasteiger partial charge in [0.25, 0.3) is 0 Å². The second kappa shape index (κ2) is 5.24. The third kappa shape index (κ3) is 2.40. The molecule has 7 heteroatoms. The number of allylic oxidation sites excluding steroid dienone is 2. The van der Waals surface area contributed by atoms with Gasteiger partial charge < -0.3 is 20.6 Å². The molecule has 0 aliphatic heterocycles. The molecule has 1 fully saturated rings. The van der Waals surface area contributed by atoms with Crippen LogP contribution in [0.3, 0.4) is 0 Å². The van der Waals surface area contributed by atoms with Crippen molar-refractivity contribution in [1.29, 1.82) is 0 Å². The minimum absolute atomic E-state index is 0.176. The Hall–Kier alpha value is -1.89. The second-order valence-electron chi connectivity index (χ2n) is 5.40. The van der Waals surface area contributed by atoms with Crippen LogP contribution in [-0.4, -0.2) is 45.3 Å². The largest absolute Gasteiger partial charge is 0.481 e. The Morgan fingerprint density at radius 2 is 1.70 bits per heavy atom. The summed E-state index contributed by atoms with van der Waals surface area (Å²) in [5.74, 6) is -4.98. The summed E-state index contributed by atoms with van der Waals surface area (Å²) in [5, 5.41) is 29.8. The monoisotopic (exact) mass is 283 g/mol. The molecule has 2 aliphatic rings. The molecule has 0 heterocycles. The number of carboxylic acid groups (broad SMARTS) is 2. The van der Waals surface area contributed by atoms with Gasteiger partial charge in [0.2, 0.25) is 5.91 Å². The van der Waals surface area contributed by atoms with Crippen molar-refractivity contribution < 1.29 is 29.7 Å². The van der Waals surface area contributed by atoms with Gasteiger partial charge in [0, 0.05) is 0 Å². The van der Waals surface area contributed by atoms with E-state index in [9.17, 15) is 24.6 Å². The first-order valence-electron chi connectivity index (χ1n) is 6.45. The summed E-state index contributed by atoms with van der Waals surface area (Å²) in [6.45, 7) is 1.26. The zero-order valence-electron chi connectivity index (χ0n) is 10.9. The minimum Gasteiger partial charge on any atom is -0.481 e. The van der Waals surface area contributed by atoms with E-state index in [1.54, 1.807) is 6.08 Å². The Morgan fingerprint density at radius 3 is 2.15 bits per heavy atom. The van der Waals surface area contributed by atoms with Crippen molar-refractivity contribution in [2.45, 2.75) is 25.5 Å². The summed E-state index contributed by atoms with van der Waals surface area (Å²) in [6, 6.07) is -1.43. The summed E-state index contributed by atoms with van der Waals surface area (Å²) >= 11 is 0. The summed E-state index contributed by atoms with van der Waals surface area (Å²) in [7, 11) is 0. The van der Waals surface area contributed by atoms with Crippen LogP contribution in [0.1, 0.15) is 13.3 Å². The quantitative estimate of drug-likeness (QED) is 0.502. The van der Waals surface area contributed by atoms with Crippen LogP contribution in [0.4, 0.5) is 0 Å². The number of carboxylic acids is 2. The number of carbonyl (C=O) groups is 3. The lowest BCUT2D eigenvalue weighted by Gasteiger charge is -2.26. The molecule has 4 N–H and O–H groups in total. The molecule has 0 saturated heterocycles. The van der Waals surface area contributed by atoms with E-state index >= 15 is 0 Å². The molecule has 0 spiro atoms. The maximum Gasteiger partial charge on any atom is 0.328 e. The zero-order valence-corrected chi connectivity index (χ0v) is 10.9. The molecule has 1 saturated carbocycles. The molecule has 2 rings (SSSR count). The van der Waals surface area contributed by atoms with Crippen LogP contribution in [0.2, 0.25) is 0 Å². The molecule has 0 aromatic carbocycles. The Morgan fingerprint density at radius 1 is 1.15 bits per heavy atom. The fourth-order valence-corrected chi connectivity index (χ4v) is 3.15. The van der Waals surface area contributed by atoms with Crippen molar-refractivity contribution in [3.8, 4) is 0 Å². The number of aliphatic hydroxyl groups excluding tert-OH is 1. The third-order valence-electron chi connectivity index (χ3n) is 4.09. The fourth-order valence-electron chi connectivity index (χ4n) is 3.15. The Kier molecular flexibility index (Phi) is 3.80. The van der Waals surface area contributed by atoms with Gasteiger partial charge >= 0.3 is 11.9 Å². The van der Waals surface area contributed by atoms with Crippen LogP contribution < -0.4 is 5.32 Å². The van der Waals surface area contributed by atoms with Crippen LogP contribution in [0, 0.1) is 23.7 Å². The van der Waals surface area contributed by atoms with Gasteiger partial charge in [-0.15, -0.1) is 0 Å².